The molecule has 33 heavy (non-hydrogen) atoms. The van der Waals surface area contributed by atoms with E-state index in [1.165, 1.54) is 0 Å². The lowest BCUT2D eigenvalue weighted by Crippen LogP contribution is -2.11. The number of fused-ring (bicyclic) bond motifs is 1. The van der Waals surface area contributed by atoms with E-state index in [9.17, 15) is 10.1 Å². The van der Waals surface area contributed by atoms with E-state index >= 15 is 0 Å². The normalized spacial score (nSPS) is 10.6. The Balaban J connectivity index is 1.91. The number of ether oxygens (including phenoxy) is 3. The van der Waals surface area contributed by atoms with Gasteiger partial charge in [0.25, 0.3) is 0 Å². The number of rotatable bonds is 6. The monoisotopic (exact) mass is 441 g/mol. The minimum atomic E-state index is -0.279. The zero-order valence-corrected chi connectivity index (χ0v) is 18.9. The maximum Gasteiger partial charge on any atom is 0.235 e. The molecule has 1 aromatic heterocycles. The molecule has 6 nitrogen and oxygen atoms in total. The molecule has 0 aliphatic rings. The van der Waals surface area contributed by atoms with E-state index in [-0.39, 0.29) is 23.5 Å². The van der Waals surface area contributed by atoms with Crippen molar-refractivity contribution in [3.8, 4) is 34.6 Å². The molecule has 0 atom stereocenters. The number of aryl methyl sites for hydroxylation is 2. The van der Waals surface area contributed by atoms with Gasteiger partial charge >= 0.3 is 0 Å². The maximum absolute atomic E-state index is 13.5. The van der Waals surface area contributed by atoms with Crippen molar-refractivity contribution in [3.05, 3.63) is 87.1 Å². The summed E-state index contributed by atoms with van der Waals surface area (Å²) in [6.45, 7) is 3.96. The summed E-state index contributed by atoms with van der Waals surface area (Å²) in [5, 5.41) is 9.83. The summed E-state index contributed by atoms with van der Waals surface area (Å²) >= 11 is 0. The van der Waals surface area contributed by atoms with E-state index in [2.05, 4.69) is 6.07 Å². The summed E-state index contributed by atoms with van der Waals surface area (Å²) in [5.41, 5.74) is 3.96. The third kappa shape index (κ3) is 4.13. The van der Waals surface area contributed by atoms with Crippen LogP contribution in [0.15, 0.2) is 63.8 Å². The van der Waals surface area contributed by atoms with E-state index in [0.717, 1.165) is 11.1 Å². The van der Waals surface area contributed by atoms with Crippen LogP contribution < -0.4 is 19.6 Å². The number of hydrogen-bond donors (Lipinski definition) is 0. The second-order valence-electron chi connectivity index (χ2n) is 7.65. The number of nitriles is 1. The first kappa shape index (κ1) is 22.0. The first-order valence-corrected chi connectivity index (χ1v) is 10.4. The highest BCUT2D eigenvalue weighted by atomic mass is 16.5. The van der Waals surface area contributed by atoms with Gasteiger partial charge in [-0.25, -0.2) is 0 Å². The summed E-state index contributed by atoms with van der Waals surface area (Å²) < 4.78 is 23.0. The standard InChI is InChI=1S/C27H23NO5/c1-16-11-21-23(12-17(16)2)33-26(18-9-10-22(30-3)24(13-18)31-4)27(25(21)29)32-15-20-8-6-5-7-19(20)14-28/h5-13H,15H2,1-4H3. The molecule has 0 saturated carbocycles. The summed E-state index contributed by atoms with van der Waals surface area (Å²) in [5.74, 6) is 1.41. The topological polar surface area (TPSA) is 81.7 Å². The van der Waals surface area contributed by atoms with Crippen molar-refractivity contribution in [2.75, 3.05) is 14.2 Å². The van der Waals surface area contributed by atoms with Crippen molar-refractivity contribution in [1.82, 2.24) is 0 Å². The molecule has 0 aliphatic carbocycles. The van der Waals surface area contributed by atoms with Crippen molar-refractivity contribution in [1.29, 1.82) is 5.26 Å². The van der Waals surface area contributed by atoms with Gasteiger partial charge in [0, 0.05) is 11.1 Å². The highest BCUT2D eigenvalue weighted by molar-refractivity contribution is 5.83. The molecule has 4 rings (SSSR count). The predicted molar refractivity (Wildman–Crippen MR) is 126 cm³/mol. The van der Waals surface area contributed by atoms with Gasteiger partial charge in [-0.05, 0) is 61.4 Å². The van der Waals surface area contributed by atoms with Gasteiger partial charge < -0.3 is 18.6 Å². The Morgan fingerprint density at radius 2 is 1.67 bits per heavy atom. The molecule has 0 amide bonds. The molecule has 0 radical (unpaired) electrons. The van der Waals surface area contributed by atoms with E-state index in [1.54, 1.807) is 50.6 Å². The fourth-order valence-electron chi connectivity index (χ4n) is 3.64. The maximum atomic E-state index is 13.5. The van der Waals surface area contributed by atoms with E-state index < -0.39 is 0 Å². The van der Waals surface area contributed by atoms with Crippen molar-refractivity contribution in [3.63, 3.8) is 0 Å². The van der Waals surface area contributed by atoms with Gasteiger partial charge in [0.1, 0.15) is 12.2 Å². The largest absolute Gasteiger partial charge is 0.493 e. The highest BCUT2D eigenvalue weighted by Crippen LogP contribution is 2.37. The molecule has 166 valence electrons. The van der Waals surface area contributed by atoms with Gasteiger partial charge in [0.2, 0.25) is 11.2 Å². The van der Waals surface area contributed by atoms with Crippen molar-refractivity contribution in [2.45, 2.75) is 20.5 Å². The lowest BCUT2D eigenvalue weighted by atomic mass is 10.0. The van der Waals surface area contributed by atoms with Crippen LogP contribution in [0.25, 0.3) is 22.3 Å². The van der Waals surface area contributed by atoms with Crippen molar-refractivity contribution < 1.29 is 18.6 Å². The Kier molecular flexibility index (Phi) is 6.05. The van der Waals surface area contributed by atoms with E-state index in [4.69, 9.17) is 18.6 Å². The van der Waals surface area contributed by atoms with Crippen molar-refractivity contribution >= 4 is 11.0 Å². The molecule has 0 saturated heterocycles. The Morgan fingerprint density at radius 1 is 0.939 bits per heavy atom. The summed E-state index contributed by atoms with van der Waals surface area (Å²) in [7, 11) is 3.10. The van der Waals surface area contributed by atoms with E-state index in [0.29, 0.717) is 39.2 Å². The molecule has 0 spiro atoms. The number of benzene rings is 3. The van der Waals surface area contributed by atoms with Crippen molar-refractivity contribution in [2.24, 2.45) is 0 Å². The van der Waals surface area contributed by atoms with Crippen LogP contribution in [0.3, 0.4) is 0 Å². The average molecular weight is 441 g/mol. The lowest BCUT2D eigenvalue weighted by molar-refractivity contribution is 0.297. The molecule has 0 N–H and O–H groups in total. The molecule has 6 heteroatoms. The van der Waals surface area contributed by atoms with Gasteiger partial charge in [0.15, 0.2) is 17.3 Å². The molecule has 4 aromatic rings. The Labute approximate surface area is 191 Å². The molecule has 1 heterocycles. The lowest BCUT2D eigenvalue weighted by Gasteiger charge is -2.14. The first-order chi connectivity index (χ1) is 16.0. The van der Waals surface area contributed by atoms with Crippen LogP contribution in [-0.2, 0) is 6.61 Å². The Hall–Kier alpha value is -4.24. The van der Waals surface area contributed by atoms with Gasteiger partial charge in [-0.2, -0.15) is 5.26 Å². The molecule has 0 bridgehead atoms. The number of hydrogen-bond acceptors (Lipinski definition) is 6. The second kappa shape index (κ2) is 9.09. The Morgan fingerprint density at radius 3 is 2.39 bits per heavy atom. The van der Waals surface area contributed by atoms with Crippen LogP contribution in [0.2, 0.25) is 0 Å². The molecule has 0 aliphatic heterocycles. The summed E-state index contributed by atoms with van der Waals surface area (Å²) in [6.07, 6.45) is 0. The Bertz CT molecular complexity index is 1450. The molecule has 3 aromatic carbocycles. The van der Waals surface area contributed by atoms with E-state index in [1.807, 2.05) is 32.0 Å². The van der Waals surface area contributed by atoms with Crippen LogP contribution in [0.5, 0.6) is 17.2 Å². The molecule has 0 unspecified atom stereocenters. The van der Waals surface area contributed by atoms with Crippen LogP contribution in [0.1, 0.15) is 22.3 Å². The summed E-state index contributed by atoms with van der Waals surface area (Å²) in [4.78, 5) is 13.5. The zero-order valence-electron chi connectivity index (χ0n) is 18.9. The van der Waals surface area contributed by atoms with Crippen LogP contribution in [-0.4, -0.2) is 14.2 Å². The molecule has 0 fully saturated rings. The predicted octanol–water partition coefficient (Wildman–Crippen LogP) is 5.54. The van der Waals surface area contributed by atoms with Crippen LogP contribution in [0.4, 0.5) is 0 Å². The van der Waals surface area contributed by atoms with Gasteiger partial charge in [-0.1, -0.05) is 18.2 Å². The second-order valence-corrected chi connectivity index (χ2v) is 7.65. The highest BCUT2D eigenvalue weighted by Gasteiger charge is 2.20. The minimum Gasteiger partial charge on any atom is -0.493 e. The number of methoxy groups -OCH3 is 2. The fraction of sp³-hybridized carbons (Fsp3) is 0.185. The average Bonchev–Trinajstić information content (AvgIpc) is 2.84. The van der Waals surface area contributed by atoms with Gasteiger partial charge in [-0.3, -0.25) is 4.79 Å². The number of nitrogens with zero attached hydrogens (tertiary/aromatic N) is 1. The van der Waals surface area contributed by atoms with Crippen LogP contribution >= 0.6 is 0 Å². The quantitative estimate of drug-likeness (QED) is 0.390. The van der Waals surface area contributed by atoms with Crippen LogP contribution in [0, 0.1) is 25.2 Å². The molecular weight excluding hydrogens is 418 g/mol. The molecular formula is C27H23NO5. The van der Waals surface area contributed by atoms with Gasteiger partial charge in [0.05, 0.1) is 31.2 Å². The fourth-order valence-corrected chi connectivity index (χ4v) is 3.64. The minimum absolute atomic E-state index is 0.0468. The SMILES string of the molecule is COc1ccc(-c2oc3cc(C)c(C)cc3c(=O)c2OCc2ccccc2C#N)cc1OC. The summed E-state index contributed by atoms with van der Waals surface area (Å²) in [6, 6.07) is 18.2. The third-order valence-electron chi connectivity index (χ3n) is 5.62. The zero-order chi connectivity index (χ0) is 23.5. The van der Waals surface area contributed by atoms with Gasteiger partial charge in [-0.15, -0.1) is 0 Å². The first-order valence-electron chi connectivity index (χ1n) is 10.4. The smallest absolute Gasteiger partial charge is 0.235 e. The third-order valence-corrected chi connectivity index (χ3v) is 5.62.